The molecule has 0 saturated heterocycles. The molecule has 2 rings (SSSR count). The Morgan fingerprint density at radius 3 is 2.55 bits per heavy atom. The fourth-order valence-corrected chi connectivity index (χ4v) is 3.60. The third-order valence-electron chi connectivity index (χ3n) is 4.96. The van der Waals surface area contributed by atoms with Crippen LogP contribution in [0.3, 0.4) is 0 Å². The smallest absolute Gasteiger partial charge is 0.123 e. The minimum absolute atomic E-state index is 0.0720. The van der Waals surface area contributed by atoms with Crippen LogP contribution in [0, 0.1) is 24.6 Å². The zero-order valence-electron chi connectivity index (χ0n) is 12.9. The second-order valence-corrected chi connectivity index (χ2v) is 6.45. The first-order valence-corrected chi connectivity index (χ1v) is 8.13. The van der Waals surface area contributed by atoms with E-state index in [4.69, 9.17) is 5.73 Å². The first kappa shape index (κ1) is 15.5. The molecule has 1 aliphatic rings. The van der Waals surface area contributed by atoms with E-state index in [-0.39, 0.29) is 11.9 Å². The van der Waals surface area contributed by atoms with Crippen molar-refractivity contribution >= 4 is 0 Å². The summed E-state index contributed by atoms with van der Waals surface area (Å²) in [5, 5.41) is 0. The SMILES string of the molecule is CCCCC1CCC(C(N)c2ccc(F)cc2C)CC1. The summed E-state index contributed by atoms with van der Waals surface area (Å²) < 4.78 is 13.2. The average Bonchev–Trinajstić information content (AvgIpc) is 2.45. The molecule has 112 valence electrons. The van der Waals surface area contributed by atoms with Gasteiger partial charge in [0.15, 0.2) is 0 Å². The number of aryl methyl sites for hydroxylation is 1. The minimum atomic E-state index is -0.165. The highest BCUT2D eigenvalue weighted by Gasteiger charge is 2.26. The predicted molar refractivity (Wildman–Crippen MR) is 83.0 cm³/mol. The summed E-state index contributed by atoms with van der Waals surface area (Å²) in [6.07, 6.45) is 9.14. The molecule has 2 N–H and O–H groups in total. The van der Waals surface area contributed by atoms with Crippen LogP contribution in [-0.2, 0) is 0 Å². The topological polar surface area (TPSA) is 26.0 Å². The molecular formula is C18H28FN. The van der Waals surface area contributed by atoms with Crippen LogP contribution in [0.2, 0.25) is 0 Å². The Labute approximate surface area is 122 Å². The first-order chi connectivity index (χ1) is 9.61. The van der Waals surface area contributed by atoms with Gasteiger partial charge in [0, 0.05) is 6.04 Å². The van der Waals surface area contributed by atoms with Gasteiger partial charge in [0.2, 0.25) is 0 Å². The molecule has 1 fully saturated rings. The van der Waals surface area contributed by atoms with Gasteiger partial charge in [-0.25, -0.2) is 4.39 Å². The summed E-state index contributed by atoms with van der Waals surface area (Å²) in [7, 11) is 0. The van der Waals surface area contributed by atoms with E-state index < -0.39 is 0 Å². The molecule has 0 spiro atoms. The Morgan fingerprint density at radius 2 is 1.95 bits per heavy atom. The Kier molecular flexibility index (Phi) is 5.59. The Hall–Kier alpha value is -0.890. The summed E-state index contributed by atoms with van der Waals surface area (Å²) in [6.45, 7) is 4.23. The summed E-state index contributed by atoms with van der Waals surface area (Å²) in [4.78, 5) is 0. The van der Waals surface area contributed by atoms with E-state index in [1.807, 2.05) is 13.0 Å². The lowest BCUT2D eigenvalue weighted by molar-refractivity contribution is 0.232. The Bertz CT molecular complexity index is 421. The second kappa shape index (κ2) is 7.21. The maximum atomic E-state index is 13.2. The summed E-state index contributed by atoms with van der Waals surface area (Å²) in [6, 6.07) is 5.08. The van der Waals surface area contributed by atoms with Crippen molar-refractivity contribution in [2.24, 2.45) is 17.6 Å². The van der Waals surface area contributed by atoms with E-state index in [1.54, 1.807) is 6.07 Å². The number of unbranched alkanes of at least 4 members (excludes halogenated alkanes) is 1. The summed E-state index contributed by atoms with van der Waals surface area (Å²) in [5.74, 6) is 1.31. The molecule has 1 aromatic rings. The highest BCUT2D eigenvalue weighted by molar-refractivity contribution is 5.29. The fourth-order valence-electron chi connectivity index (χ4n) is 3.60. The third kappa shape index (κ3) is 3.82. The van der Waals surface area contributed by atoms with Gasteiger partial charge in [0.05, 0.1) is 0 Å². The normalized spacial score (nSPS) is 24.6. The van der Waals surface area contributed by atoms with Crippen LogP contribution in [-0.4, -0.2) is 0 Å². The second-order valence-electron chi connectivity index (χ2n) is 6.45. The average molecular weight is 277 g/mol. The number of hydrogen-bond acceptors (Lipinski definition) is 1. The molecule has 0 bridgehead atoms. The largest absolute Gasteiger partial charge is 0.324 e. The molecular weight excluding hydrogens is 249 g/mol. The lowest BCUT2D eigenvalue weighted by atomic mass is 9.75. The third-order valence-corrected chi connectivity index (χ3v) is 4.96. The van der Waals surface area contributed by atoms with Gasteiger partial charge in [-0.1, -0.05) is 45.1 Å². The molecule has 1 aliphatic carbocycles. The summed E-state index contributed by atoms with van der Waals surface area (Å²) in [5.41, 5.74) is 8.56. The van der Waals surface area contributed by atoms with Gasteiger partial charge in [-0.3, -0.25) is 0 Å². The van der Waals surface area contributed by atoms with E-state index in [1.165, 1.54) is 51.0 Å². The first-order valence-electron chi connectivity index (χ1n) is 8.13. The van der Waals surface area contributed by atoms with E-state index in [2.05, 4.69) is 6.92 Å². The lowest BCUT2D eigenvalue weighted by Crippen LogP contribution is -2.26. The maximum Gasteiger partial charge on any atom is 0.123 e. The number of halogens is 1. The minimum Gasteiger partial charge on any atom is -0.324 e. The van der Waals surface area contributed by atoms with Crippen molar-refractivity contribution in [3.63, 3.8) is 0 Å². The van der Waals surface area contributed by atoms with Gasteiger partial charge in [-0.05, 0) is 54.9 Å². The Morgan fingerprint density at radius 1 is 1.25 bits per heavy atom. The van der Waals surface area contributed by atoms with Crippen LogP contribution in [0.4, 0.5) is 4.39 Å². The van der Waals surface area contributed by atoms with Gasteiger partial charge < -0.3 is 5.73 Å². The maximum absolute atomic E-state index is 13.2. The van der Waals surface area contributed by atoms with Crippen molar-refractivity contribution in [1.82, 2.24) is 0 Å². The van der Waals surface area contributed by atoms with Crippen molar-refractivity contribution in [3.8, 4) is 0 Å². The van der Waals surface area contributed by atoms with Crippen LogP contribution < -0.4 is 5.73 Å². The van der Waals surface area contributed by atoms with Crippen molar-refractivity contribution in [2.75, 3.05) is 0 Å². The molecule has 1 unspecified atom stereocenters. The zero-order valence-corrected chi connectivity index (χ0v) is 12.9. The molecule has 0 heterocycles. The molecule has 1 aromatic carbocycles. The van der Waals surface area contributed by atoms with Crippen LogP contribution in [0.1, 0.15) is 69.0 Å². The van der Waals surface area contributed by atoms with Crippen LogP contribution in [0.15, 0.2) is 18.2 Å². The predicted octanol–water partition coefficient (Wildman–Crippen LogP) is 5.13. The molecule has 0 amide bonds. The molecule has 1 nitrogen and oxygen atoms in total. The zero-order chi connectivity index (χ0) is 14.5. The van der Waals surface area contributed by atoms with Crippen LogP contribution in [0.5, 0.6) is 0 Å². The van der Waals surface area contributed by atoms with Gasteiger partial charge >= 0.3 is 0 Å². The highest BCUT2D eigenvalue weighted by atomic mass is 19.1. The van der Waals surface area contributed by atoms with Gasteiger partial charge in [-0.15, -0.1) is 0 Å². The van der Waals surface area contributed by atoms with Crippen molar-refractivity contribution in [3.05, 3.63) is 35.1 Å². The van der Waals surface area contributed by atoms with Crippen LogP contribution in [0.25, 0.3) is 0 Å². The van der Waals surface area contributed by atoms with E-state index in [9.17, 15) is 4.39 Å². The number of rotatable bonds is 5. The van der Waals surface area contributed by atoms with Gasteiger partial charge in [0.25, 0.3) is 0 Å². The van der Waals surface area contributed by atoms with Crippen molar-refractivity contribution < 1.29 is 4.39 Å². The molecule has 0 aromatic heterocycles. The van der Waals surface area contributed by atoms with Crippen molar-refractivity contribution in [2.45, 2.75) is 64.8 Å². The standard InChI is InChI=1S/C18H28FN/c1-3-4-5-14-6-8-15(9-7-14)18(20)17-11-10-16(19)12-13(17)2/h10-12,14-15,18H,3-9,20H2,1-2H3. The number of benzene rings is 1. The lowest BCUT2D eigenvalue weighted by Gasteiger charge is -2.33. The van der Waals surface area contributed by atoms with E-state index in [0.29, 0.717) is 5.92 Å². The fraction of sp³-hybridized carbons (Fsp3) is 0.667. The molecule has 1 atom stereocenters. The number of nitrogens with two attached hydrogens (primary N) is 1. The molecule has 2 heteroatoms. The van der Waals surface area contributed by atoms with Crippen molar-refractivity contribution in [1.29, 1.82) is 0 Å². The quantitative estimate of drug-likeness (QED) is 0.793. The van der Waals surface area contributed by atoms with E-state index in [0.717, 1.165) is 17.0 Å². The number of hydrogen-bond donors (Lipinski definition) is 1. The van der Waals surface area contributed by atoms with Gasteiger partial charge in [0.1, 0.15) is 5.82 Å². The molecule has 0 aliphatic heterocycles. The monoisotopic (exact) mass is 277 g/mol. The molecule has 0 radical (unpaired) electrons. The molecule has 20 heavy (non-hydrogen) atoms. The van der Waals surface area contributed by atoms with E-state index >= 15 is 0 Å². The van der Waals surface area contributed by atoms with Crippen LogP contribution >= 0.6 is 0 Å². The molecule has 1 saturated carbocycles. The Balaban J connectivity index is 1.92. The summed E-state index contributed by atoms with van der Waals surface area (Å²) >= 11 is 0. The van der Waals surface area contributed by atoms with Gasteiger partial charge in [-0.2, -0.15) is 0 Å². The highest BCUT2D eigenvalue weighted by Crippen LogP contribution is 2.38.